The molecule has 5 heteroatoms. The Hall–Kier alpha value is -2.82. The number of hydrogen-bond donors (Lipinski definition) is 1. The number of carbonyl (C=O) groups excluding carboxylic acids is 1. The van der Waals surface area contributed by atoms with Crippen molar-refractivity contribution in [3.63, 3.8) is 0 Å². The maximum Gasteiger partial charge on any atom is 0.340 e. The molecule has 0 saturated heterocycles. The molecule has 124 valence electrons. The van der Waals surface area contributed by atoms with Crippen molar-refractivity contribution in [2.24, 2.45) is 0 Å². The van der Waals surface area contributed by atoms with Crippen molar-refractivity contribution < 1.29 is 14.3 Å². The summed E-state index contributed by atoms with van der Waals surface area (Å²) >= 11 is 0. The average Bonchev–Trinajstić information content (AvgIpc) is 3.06. The highest BCUT2D eigenvalue weighted by Crippen LogP contribution is 2.25. The summed E-state index contributed by atoms with van der Waals surface area (Å²) in [6, 6.07) is 13.2. The SMILES string of the molecule is CCCCOc1ccc(-c2nc3c(C(=O)OC)cccc3[nH]2)cc1. The fraction of sp³-hybridized carbons (Fsp3) is 0.263. The van der Waals surface area contributed by atoms with Crippen molar-refractivity contribution in [3.05, 3.63) is 48.0 Å². The van der Waals surface area contributed by atoms with Crippen LogP contribution in [0.25, 0.3) is 22.4 Å². The molecule has 0 radical (unpaired) electrons. The summed E-state index contributed by atoms with van der Waals surface area (Å²) in [7, 11) is 1.37. The molecule has 2 aromatic carbocycles. The smallest absolute Gasteiger partial charge is 0.340 e. The van der Waals surface area contributed by atoms with Crippen LogP contribution in [-0.4, -0.2) is 29.7 Å². The molecule has 0 aliphatic carbocycles. The number of nitrogens with one attached hydrogen (secondary N) is 1. The summed E-state index contributed by atoms with van der Waals surface area (Å²) < 4.78 is 10.5. The van der Waals surface area contributed by atoms with Crippen LogP contribution in [-0.2, 0) is 4.74 Å². The van der Waals surface area contributed by atoms with Crippen LogP contribution < -0.4 is 4.74 Å². The van der Waals surface area contributed by atoms with Gasteiger partial charge in [0.05, 0.1) is 24.8 Å². The Bertz CT molecular complexity index is 837. The van der Waals surface area contributed by atoms with Gasteiger partial charge in [-0.2, -0.15) is 0 Å². The Labute approximate surface area is 140 Å². The van der Waals surface area contributed by atoms with Crippen molar-refractivity contribution in [2.75, 3.05) is 13.7 Å². The minimum absolute atomic E-state index is 0.390. The Morgan fingerprint density at radius 3 is 2.67 bits per heavy atom. The lowest BCUT2D eigenvalue weighted by molar-refractivity contribution is 0.0603. The lowest BCUT2D eigenvalue weighted by atomic mass is 10.2. The highest BCUT2D eigenvalue weighted by molar-refractivity contribution is 6.02. The number of nitrogens with zero attached hydrogens (tertiary/aromatic N) is 1. The molecule has 0 fully saturated rings. The van der Waals surface area contributed by atoms with Gasteiger partial charge in [0, 0.05) is 5.56 Å². The number of rotatable bonds is 6. The lowest BCUT2D eigenvalue weighted by Crippen LogP contribution is -2.01. The molecular weight excluding hydrogens is 304 g/mol. The van der Waals surface area contributed by atoms with Gasteiger partial charge >= 0.3 is 5.97 Å². The minimum atomic E-state index is -0.390. The van der Waals surface area contributed by atoms with E-state index in [-0.39, 0.29) is 0 Å². The number of imidazole rings is 1. The van der Waals surface area contributed by atoms with Crippen LogP contribution in [0.5, 0.6) is 5.75 Å². The van der Waals surface area contributed by atoms with Gasteiger partial charge < -0.3 is 14.5 Å². The van der Waals surface area contributed by atoms with Crippen LogP contribution in [0.2, 0.25) is 0 Å². The number of aromatic nitrogens is 2. The van der Waals surface area contributed by atoms with Gasteiger partial charge in [-0.3, -0.25) is 0 Å². The maximum absolute atomic E-state index is 11.9. The van der Waals surface area contributed by atoms with E-state index < -0.39 is 5.97 Å². The van der Waals surface area contributed by atoms with Gasteiger partial charge in [0.25, 0.3) is 0 Å². The summed E-state index contributed by atoms with van der Waals surface area (Å²) in [5.41, 5.74) is 2.81. The zero-order valence-electron chi connectivity index (χ0n) is 13.8. The molecule has 0 spiro atoms. The summed E-state index contributed by atoms with van der Waals surface area (Å²) in [6.45, 7) is 2.86. The molecule has 0 atom stereocenters. The number of fused-ring (bicyclic) bond motifs is 1. The zero-order valence-corrected chi connectivity index (χ0v) is 13.8. The van der Waals surface area contributed by atoms with Crippen LogP contribution in [0.3, 0.4) is 0 Å². The number of ether oxygens (including phenoxy) is 2. The van der Waals surface area contributed by atoms with E-state index >= 15 is 0 Å². The van der Waals surface area contributed by atoms with E-state index in [4.69, 9.17) is 9.47 Å². The fourth-order valence-corrected chi connectivity index (χ4v) is 2.49. The summed E-state index contributed by atoms with van der Waals surface area (Å²) in [5, 5.41) is 0. The third-order valence-electron chi connectivity index (χ3n) is 3.81. The average molecular weight is 324 g/mol. The Morgan fingerprint density at radius 2 is 1.96 bits per heavy atom. The largest absolute Gasteiger partial charge is 0.494 e. The number of para-hydroxylation sites is 1. The Balaban J connectivity index is 1.88. The molecule has 0 saturated carbocycles. The quantitative estimate of drug-likeness (QED) is 0.545. The van der Waals surface area contributed by atoms with E-state index in [2.05, 4.69) is 16.9 Å². The third kappa shape index (κ3) is 3.25. The van der Waals surface area contributed by atoms with E-state index in [1.54, 1.807) is 12.1 Å². The number of benzene rings is 2. The summed E-state index contributed by atoms with van der Waals surface area (Å²) in [4.78, 5) is 19.7. The Kier molecular flexibility index (Phi) is 4.79. The molecular formula is C19H20N2O3. The first-order chi connectivity index (χ1) is 11.7. The second-order valence-corrected chi connectivity index (χ2v) is 5.51. The monoisotopic (exact) mass is 324 g/mol. The zero-order chi connectivity index (χ0) is 16.9. The second kappa shape index (κ2) is 7.17. The van der Waals surface area contributed by atoms with Gasteiger partial charge in [-0.05, 0) is 42.8 Å². The highest BCUT2D eigenvalue weighted by atomic mass is 16.5. The number of methoxy groups -OCH3 is 1. The van der Waals surface area contributed by atoms with Crippen LogP contribution in [0.4, 0.5) is 0 Å². The predicted octanol–water partition coefficient (Wildman–Crippen LogP) is 4.20. The first-order valence-corrected chi connectivity index (χ1v) is 8.03. The number of carbonyl (C=O) groups is 1. The number of aromatic amines is 1. The number of hydrogen-bond acceptors (Lipinski definition) is 4. The molecule has 0 bridgehead atoms. The van der Waals surface area contributed by atoms with Gasteiger partial charge in [0.15, 0.2) is 0 Å². The van der Waals surface area contributed by atoms with Crippen molar-refractivity contribution in [2.45, 2.75) is 19.8 Å². The van der Waals surface area contributed by atoms with Gasteiger partial charge in [-0.1, -0.05) is 19.4 Å². The molecule has 0 unspecified atom stereocenters. The molecule has 0 aliphatic heterocycles. The van der Waals surface area contributed by atoms with Crippen LogP contribution in [0.1, 0.15) is 30.1 Å². The first kappa shape index (κ1) is 16.1. The molecule has 0 aliphatic rings. The van der Waals surface area contributed by atoms with E-state index in [0.29, 0.717) is 16.9 Å². The van der Waals surface area contributed by atoms with Crippen LogP contribution >= 0.6 is 0 Å². The third-order valence-corrected chi connectivity index (χ3v) is 3.81. The van der Waals surface area contributed by atoms with Gasteiger partial charge in [-0.25, -0.2) is 9.78 Å². The van der Waals surface area contributed by atoms with Crippen molar-refractivity contribution >= 4 is 17.0 Å². The number of unbranched alkanes of at least 4 members (excludes halogenated alkanes) is 1. The minimum Gasteiger partial charge on any atom is -0.494 e. The summed E-state index contributed by atoms with van der Waals surface area (Å²) in [5.74, 6) is 1.17. The number of esters is 1. The highest BCUT2D eigenvalue weighted by Gasteiger charge is 2.14. The van der Waals surface area contributed by atoms with Crippen molar-refractivity contribution in [3.8, 4) is 17.1 Å². The molecule has 3 rings (SSSR count). The van der Waals surface area contributed by atoms with E-state index in [1.165, 1.54) is 7.11 Å². The van der Waals surface area contributed by atoms with Crippen LogP contribution in [0.15, 0.2) is 42.5 Å². The van der Waals surface area contributed by atoms with E-state index in [9.17, 15) is 4.79 Å². The normalized spacial score (nSPS) is 10.8. The summed E-state index contributed by atoms with van der Waals surface area (Å²) in [6.07, 6.45) is 2.15. The molecule has 1 aromatic heterocycles. The lowest BCUT2D eigenvalue weighted by Gasteiger charge is -2.05. The Morgan fingerprint density at radius 1 is 1.17 bits per heavy atom. The van der Waals surface area contributed by atoms with Gasteiger partial charge in [-0.15, -0.1) is 0 Å². The van der Waals surface area contributed by atoms with Gasteiger partial charge in [0.2, 0.25) is 0 Å². The molecule has 1 heterocycles. The van der Waals surface area contributed by atoms with Crippen molar-refractivity contribution in [1.82, 2.24) is 9.97 Å². The van der Waals surface area contributed by atoms with E-state index in [1.807, 2.05) is 30.3 Å². The second-order valence-electron chi connectivity index (χ2n) is 5.51. The predicted molar refractivity (Wildman–Crippen MR) is 93.3 cm³/mol. The first-order valence-electron chi connectivity index (χ1n) is 8.03. The maximum atomic E-state index is 11.9. The molecule has 5 nitrogen and oxygen atoms in total. The molecule has 3 aromatic rings. The van der Waals surface area contributed by atoms with Crippen molar-refractivity contribution in [1.29, 1.82) is 0 Å². The molecule has 24 heavy (non-hydrogen) atoms. The fourth-order valence-electron chi connectivity index (χ4n) is 2.49. The van der Waals surface area contributed by atoms with Crippen LogP contribution in [0, 0.1) is 0 Å². The molecule has 0 amide bonds. The topological polar surface area (TPSA) is 64.2 Å². The van der Waals surface area contributed by atoms with E-state index in [0.717, 1.165) is 36.3 Å². The number of H-pyrrole nitrogens is 1. The van der Waals surface area contributed by atoms with Gasteiger partial charge in [0.1, 0.15) is 17.1 Å². The molecule has 1 N–H and O–H groups in total. The standard InChI is InChI=1S/C19H20N2O3/c1-3-4-12-24-14-10-8-13(9-11-14)18-20-16-7-5-6-15(17(16)21-18)19(22)23-2/h5-11H,3-4,12H2,1-2H3,(H,20,21).